The highest BCUT2D eigenvalue weighted by atomic mass is 16.5. The van der Waals surface area contributed by atoms with E-state index in [2.05, 4.69) is 5.32 Å². The second-order valence-corrected chi connectivity index (χ2v) is 4.75. The zero-order chi connectivity index (χ0) is 11.7. The summed E-state index contributed by atoms with van der Waals surface area (Å²) in [6.07, 6.45) is 0.717. The van der Waals surface area contributed by atoms with Gasteiger partial charge in [0.1, 0.15) is 5.41 Å². The van der Waals surface area contributed by atoms with E-state index in [9.17, 15) is 9.59 Å². The molecule has 2 N–H and O–H groups in total. The monoisotopic (exact) mass is 215 g/mol. The zero-order valence-corrected chi connectivity index (χ0v) is 9.29. The first-order valence-electron chi connectivity index (χ1n) is 4.92. The number of hydrogen-bond donors (Lipinski definition) is 2. The molecule has 0 aromatic heterocycles. The van der Waals surface area contributed by atoms with Crippen LogP contribution in [0.1, 0.15) is 27.2 Å². The molecule has 1 aliphatic rings. The van der Waals surface area contributed by atoms with Gasteiger partial charge in [0.25, 0.3) is 0 Å². The van der Waals surface area contributed by atoms with Gasteiger partial charge in [-0.05, 0) is 27.2 Å². The van der Waals surface area contributed by atoms with Crippen molar-refractivity contribution in [2.75, 3.05) is 13.2 Å². The number of carboxylic acid groups (broad SMARTS) is 1. The summed E-state index contributed by atoms with van der Waals surface area (Å²) in [5, 5.41) is 11.6. The van der Waals surface area contributed by atoms with E-state index < -0.39 is 22.8 Å². The Hall–Kier alpha value is -1.10. The van der Waals surface area contributed by atoms with Gasteiger partial charge in [-0.25, -0.2) is 0 Å². The van der Waals surface area contributed by atoms with Crippen LogP contribution in [0.3, 0.4) is 0 Å². The maximum Gasteiger partial charge on any atom is 0.318 e. The molecule has 0 radical (unpaired) electrons. The topological polar surface area (TPSA) is 75.6 Å². The van der Waals surface area contributed by atoms with Crippen LogP contribution >= 0.6 is 0 Å². The van der Waals surface area contributed by atoms with E-state index in [1.54, 1.807) is 0 Å². The summed E-state index contributed by atoms with van der Waals surface area (Å²) < 4.78 is 5.17. The van der Waals surface area contributed by atoms with Crippen molar-refractivity contribution in [3.05, 3.63) is 0 Å². The van der Waals surface area contributed by atoms with Crippen molar-refractivity contribution in [1.82, 2.24) is 5.32 Å². The zero-order valence-electron chi connectivity index (χ0n) is 9.29. The van der Waals surface area contributed by atoms with Gasteiger partial charge >= 0.3 is 5.97 Å². The number of nitrogens with one attached hydrogen (secondary N) is 1. The van der Waals surface area contributed by atoms with Gasteiger partial charge in [-0.2, -0.15) is 0 Å². The molecule has 5 nitrogen and oxygen atoms in total. The summed E-state index contributed by atoms with van der Waals surface area (Å²) in [7, 11) is 0. The summed E-state index contributed by atoms with van der Waals surface area (Å²) in [4.78, 5) is 22.6. The third-order valence-electron chi connectivity index (χ3n) is 2.74. The van der Waals surface area contributed by atoms with Crippen LogP contribution in [0.25, 0.3) is 0 Å². The van der Waals surface area contributed by atoms with Crippen LogP contribution in [0.5, 0.6) is 0 Å². The second kappa shape index (κ2) is 3.81. The lowest BCUT2D eigenvalue weighted by Gasteiger charge is -2.28. The van der Waals surface area contributed by atoms with Gasteiger partial charge < -0.3 is 15.2 Å². The molecular formula is C10H17NO4. The molecule has 0 aromatic carbocycles. The van der Waals surface area contributed by atoms with Crippen LogP contribution in [-0.2, 0) is 14.3 Å². The summed E-state index contributed by atoms with van der Waals surface area (Å²) in [5.41, 5.74) is -1.82. The summed E-state index contributed by atoms with van der Waals surface area (Å²) in [5.74, 6) is -1.59. The minimum atomic E-state index is -1.40. The first-order valence-corrected chi connectivity index (χ1v) is 4.92. The lowest BCUT2D eigenvalue weighted by molar-refractivity contribution is -0.154. The van der Waals surface area contributed by atoms with Crippen molar-refractivity contribution in [2.45, 2.75) is 32.7 Å². The molecule has 0 spiro atoms. The van der Waals surface area contributed by atoms with Crippen molar-refractivity contribution in [3.8, 4) is 0 Å². The second-order valence-electron chi connectivity index (χ2n) is 4.75. The number of rotatable bonds is 3. The number of carbonyl (C=O) groups is 2. The van der Waals surface area contributed by atoms with Crippen molar-refractivity contribution in [3.63, 3.8) is 0 Å². The van der Waals surface area contributed by atoms with Crippen LogP contribution in [0.15, 0.2) is 0 Å². The van der Waals surface area contributed by atoms with Crippen molar-refractivity contribution < 1.29 is 19.4 Å². The first-order chi connectivity index (χ1) is 6.78. The average molecular weight is 215 g/mol. The third-order valence-corrected chi connectivity index (χ3v) is 2.74. The smallest absolute Gasteiger partial charge is 0.318 e. The minimum absolute atomic E-state index is 0.427. The molecule has 0 bridgehead atoms. The Morgan fingerprint density at radius 3 is 2.47 bits per heavy atom. The van der Waals surface area contributed by atoms with Crippen molar-refractivity contribution >= 4 is 11.9 Å². The van der Waals surface area contributed by atoms with Crippen LogP contribution in [0.4, 0.5) is 0 Å². The third kappa shape index (κ3) is 2.47. The molecule has 15 heavy (non-hydrogen) atoms. The Kier molecular flexibility index (Phi) is 3.04. The largest absolute Gasteiger partial charge is 0.480 e. The van der Waals surface area contributed by atoms with E-state index in [0.717, 1.165) is 0 Å². The highest BCUT2D eigenvalue weighted by molar-refractivity contribution is 6.01. The summed E-state index contributed by atoms with van der Waals surface area (Å²) in [6, 6.07) is 0. The van der Waals surface area contributed by atoms with Gasteiger partial charge in [0.15, 0.2) is 0 Å². The maximum atomic E-state index is 11.7. The van der Waals surface area contributed by atoms with Gasteiger partial charge in [-0.15, -0.1) is 0 Å². The molecule has 1 heterocycles. The molecule has 1 fully saturated rings. The highest BCUT2D eigenvalue weighted by Gasteiger charge is 2.40. The Labute approximate surface area is 88.8 Å². The average Bonchev–Trinajstić information content (AvgIpc) is 2.51. The SMILES string of the molecule is CC1(NC(=O)C(C)(C)C(=O)O)CCOC1. The molecular weight excluding hydrogens is 198 g/mol. The van der Waals surface area contributed by atoms with Crippen LogP contribution in [-0.4, -0.2) is 35.7 Å². The van der Waals surface area contributed by atoms with E-state index in [1.807, 2.05) is 6.92 Å². The number of aliphatic carboxylic acids is 1. The van der Waals surface area contributed by atoms with Crippen LogP contribution < -0.4 is 5.32 Å². The lowest BCUT2D eigenvalue weighted by atomic mass is 9.90. The first kappa shape index (κ1) is 12.0. The van der Waals surface area contributed by atoms with Gasteiger partial charge in [0.2, 0.25) is 5.91 Å². The van der Waals surface area contributed by atoms with E-state index in [0.29, 0.717) is 19.6 Å². The summed E-state index contributed by atoms with van der Waals surface area (Å²) >= 11 is 0. The number of amides is 1. The van der Waals surface area contributed by atoms with E-state index in [-0.39, 0.29) is 0 Å². The van der Waals surface area contributed by atoms with Crippen LogP contribution in [0.2, 0.25) is 0 Å². The lowest BCUT2D eigenvalue weighted by Crippen LogP contribution is -2.53. The Balaban J connectivity index is 2.66. The van der Waals surface area contributed by atoms with Gasteiger partial charge in [0, 0.05) is 6.61 Å². The quantitative estimate of drug-likeness (QED) is 0.668. The molecule has 1 atom stereocenters. The Bertz CT molecular complexity index is 279. The highest BCUT2D eigenvalue weighted by Crippen LogP contribution is 2.22. The van der Waals surface area contributed by atoms with Gasteiger partial charge in [0.05, 0.1) is 12.1 Å². The standard InChI is InChI=1S/C10H17NO4/c1-9(2,8(13)14)7(12)11-10(3)4-5-15-6-10/h4-6H2,1-3H3,(H,11,12)(H,13,14). The molecule has 1 saturated heterocycles. The number of hydrogen-bond acceptors (Lipinski definition) is 3. The molecule has 0 saturated carbocycles. The molecule has 1 aliphatic heterocycles. The summed E-state index contributed by atoms with van der Waals surface area (Å²) in [6.45, 7) is 5.68. The maximum absolute atomic E-state index is 11.7. The number of ether oxygens (including phenoxy) is 1. The minimum Gasteiger partial charge on any atom is -0.480 e. The fourth-order valence-electron chi connectivity index (χ4n) is 1.29. The fourth-order valence-corrected chi connectivity index (χ4v) is 1.29. The molecule has 0 aromatic rings. The van der Waals surface area contributed by atoms with Gasteiger partial charge in [-0.3, -0.25) is 9.59 Å². The van der Waals surface area contributed by atoms with Gasteiger partial charge in [-0.1, -0.05) is 0 Å². The molecule has 1 unspecified atom stereocenters. The predicted octanol–water partition coefficient (Wildman–Crippen LogP) is 0.392. The fraction of sp³-hybridized carbons (Fsp3) is 0.800. The molecule has 0 aliphatic carbocycles. The molecule has 1 amide bonds. The van der Waals surface area contributed by atoms with E-state index in [4.69, 9.17) is 9.84 Å². The van der Waals surface area contributed by atoms with E-state index >= 15 is 0 Å². The van der Waals surface area contributed by atoms with Crippen LogP contribution in [0, 0.1) is 5.41 Å². The molecule has 5 heteroatoms. The predicted molar refractivity (Wildman–Crippen MR) is 53.4 cm³/mol. The van der Waals surface area contributed by atoms with Crippen molar-refractivity contribution in [2.24, 2.45) is 5.41 Å². The Morgan fingerprint density at radius 2 is 2.07 bits per heavy atom. The Morgan fingerprint density at radius 1 is 1.47 bits per heavy atom. The number of carbonyl (C=O) groups excluding carboxylic acids is 1. The molecule has 1 rings (SSSR count). The number of carboxylic acids is 1. The molecule has 86 valence electrons. The normalized spacial score (nSPS) is 26.3. The van der Waals surface area contributed by atoms with Crippen molar-refractivity contribution in [1.29, 1.82) is 0 Å². The van der Waals surface area contributed by atoms with E-state index in [1.165, 1.54) is 13.8 Å².